The maximum Gasteiger partial charge on any atom is 0.230 e. The number of carbonyl (C=O) groups is 1. The Hall–Kier alpha value is -1.62. The van der Waals surface area contributed by atoms with Crippen molar-refractivity contribution in [3.05, 3.63) is 34.9 Å². The molecule has 0 aliphatic carbocycles. The lowest BCUT2D eigenvalue weighted by atomic mass is 9.96. The zero-order chi connectivity index (χ0) is 15.2. The van der Waals surface area contributed by atoms with Crippen LogP contribution in [0.2, 0.25) is 0 Å². The highest BCUT2D eigenvalue weighted by Crippen LogP contribution is 2.13. The summed E-state index contributed by atoms with van der Waals surface area (Å²) < 4.78 is 0. The number of hydrogen-bond donors (Lipinski definition) is 3. The standard InChI is InChI=1S/C13H23ClN4O/c1-13(2,3)12(19)17-10(15)8-9(11(14)16)6-7-18(4)5/h6-8H,15-16H2,1-5H3,(H,17,19)/b7-6+,10-8+,11-9-. The summed E-state index contributed by atoms with van der Waals surface area (Å²) in [5, 5.41) is 2.70. The van der Waals surface area contributed by atoms with Gasteiger partial charge in [0, 0.05) is 25.1 Å². The molecule has 0 unspecified atom stereocenters. The van der Waals surface area contributed by atoms with Crippen molar-refractivity contribution in [2.24, 2.45) is 16.9 Å². The number of nitrogens with zero attached hydrogens (tertiary/aromatic N) is 1. The molecule has 0 aromatic heterocycles. The lowest BCUT2D eigenvalue weighted by Crippen LogP contribution is -2.36. The molecule has 0 heterocycles. The highest BCUT2D eigenvalue weighted by Gasteiger charge is 2.21. The summed E-state index contributed by atoms with van der Waals surface area (Å²) in [7, 11) is 3.74. The van der Waals surface area contributed by atoms with Crippen LogP contribution in [0.1, 0.15) is 20.8 Å². The molecule has 0 radical (unpaired) electrons. The molecular weight excluding hydrogens is 264 g/mol. The first kappa shape index (κ1) is 17.4. The molecule has 6 heteroatoms. The van der Waals surface area contributed by atoms with Crippen LogP contribution in [-0.4, -0.2) is 24.9 Å². The number of amides is 1. The maximum atomic E-state index is 11.8. The van der Waals surface area contributed by atoms with Gasteiger partial charge in [-0.3, -0.25) is 4.79 Å². The lowest BCUT2D eigenvalue weighted by Gasteiger charge is -2.17. The van der Waals surface area contributed by atoms with Gasteiger partial charge in [0.15, 0.2) is 0 Å². The molecule has 0 atom stereocenters. The second kappa shape index (κ2) is 7.09. The SMILES string of the molecule is CN(C)/C=C/C(/C=C(\N)NC(=O)C(C)(C)C)=C(/N)Cl. The highest BCUT2D eigenvalue weighted by atomic mass is 35.5. The first-order chi connectivity index (χ1) is 8.54. The Bertz CT molecular complexity index is 413. The summed E-state index contributed by atoms with van der Waals surface area (Å²) >= 11 is 5.77. The van der Waals surface area contributed by atoms with E-state index < -0.39 is 5.41 Å². The van der Waals surface area contributed by atoms with Crippen LogP contribution in [-0.2, 0) is 4.79 Å². The Kier molecular flexibility index (Phi) is 6.48. The quantitative estimate of drug-likeness (QED) is 0.539. The van der Waals surface area contributed by atoms with E-state index in [4.69, 9.17) is 23.1 Å². The highest BCUT2D eigenvalue weighted by molar-refractivity contribution is 6.29. The first-order valence-electron chi connectivity index (χ1n) is 5.82. The fourth-order valence-corrected chi connectivity index (χ4v) is 1.07. The molecule has 0 rings (SSSR count). The van der Waals surface area contributed by atoms with Crippen molar-refractivity contribution in [2.75, 3.05) is 14.1 Å². The van der Waals surface area contributed by atoms with Crippen LogP contribution in [0.4, 0.5) is 0 Å². The van der Waals surface area contributed by atoms with Crippen molar-refractivity contribution in [1.82, 2.24) is 10.2 Å². The summed E-state index contributed by atoms with van der Waals surface area (Å²) in [6, 6.07) is 0. The Morgan fingerprint density at radius 2 is 1.79 bits per heavy atom. The molecule has 0 bridgehead atoms. The average Bonchev–Trinajstić information content (AvgIpc) is 2.21. The van der Waals surface area contributed by atoms with Gasteiger partial charge in [-0.15, -0.1) is 0 Å². The minimum atomic E-state index is -0.520. The second-order valence-electron chi connectivity index (χ2n) is 5.39. The van der Waals surface area contributed by atoms with Crippen LogP contribution >= 0.6 is 11.6 Å². The third kappa shape index (κ3) is 7.41. The third-order valence-electron chi connectivity index (χ3n) is 2.08. The first-order valence-corrected chi connectivity index (χ1v) is 6.20. The minimum absolute atomic E-state index is 0.103. The van der Waals surface area contributed by atoms with E-state index in [9.17, 15) is 4.79 Å². The Labute approximate surface area is 120 Å². The van der Waals surface area contributed by atoms with Gasteiger partial charge < -0.3 is 21.7 Å². The Balaban J connectivity index is 4.99. The van der Waals surface area contributed by atoms with Gasteiger partial charge in [0.05, 0.1) is 0 Å². The fraction of sp³-hybridized carbons (Fsp3) is 0.462. The van der Waals surface area contributed by atoms with E-state index in [2.05, 4.69) is 5.32 Å². The van der Waals surface area contributed by atoms with Gasteiger partial charge in [-0.05, 0) is 18.4 Å². The number of carbonyl (C=O) groups excluding carboxylic acids is 1. The number of rotatable bonds is 4. The molecule has 5 nitrogen and oxygen atoms in total. The Morgan fingerprint density at radius 1 is 1.26 bits per heavy atom. The van der Waals surface area contributed by atoms with Crippen LogP contribution < -0.4 is 16.8 Å². The predicted octanol–water partition coefficient (Wildman–Crippen LogP) is 1.43. The Morgan fingerprint density at radius 3 is 2.16 bits per heavy atom. The van der Waals surface area contributed by atoms with E-state index >= 15 is 0 Å². The second-order valence-corrected chi connectivity index (χ2v) is 5.79. The fourth-order valence-electron chi connectivity index (χ4n) is 0.948. The summed E-state index contributed by atoms with van der Waals surface area (Å²) in [5.74, 6) is 0.0206. The molecule has 0 fully saturated rings. The van der Waals surface area contributed by atoms with Gasteiger partial charge in [-0.25, -0.2) is 0 Å². The van der Waals surface area contributed by atoms with Crippen molar-refractivity contribution in [2.45, 2.75) is 20.8 Å². The monoisotopic (exact) mass is 286 g/mol. The number of halogens is 1. The van der Waals surface area contributed by atoms with Crippen LogP contribution in [0.15, 0.2) is 34.9 Å². The van der Waals surface area contributed by atoms with Crippen molar-refractivity contribution < 1.29 is 4.79 Å². The van der Waals surface area contributed by atoms with Crippen molar-refractivity contribution >= 4 is 17.5 Å². The van der Waals surface area contributed by atoms with Crippen LogP contribution in [0.5, 0.6) is 0 Å². The summed E-state index contributed by atoms with van der Waals surface area (Å²) in [4.78, 5) is 13.6. The number of nitrogens with two attached hydrogens (primary N) is 2. The lowest BCUT2D eigenvalue weighted by molar-refractivity contribution is -0.127. The molecular formula is C13H23ClN4O. The zero-order valence-electron chi connectivity index (χ0n) is 12.1. The topological polar surface area (TPSA) is 84.4 Å². The maximum absolute atomic E-state index is 11.8. The van der Waals surface area contributed by atoms with E-state index in [1.54, 1.807) is 33.0 Å². The van der Waals surface area contributed by atoms with E-state index in [1.165, 1.54) is 6.08 Å². The van der Waals surface area contributed by atoms with Crippen molar-refractivity contribution in [3.8, 4) is 0 Å². The van der Waals surface area contributed by atoms with Crippen LogP contribution in [0, 0.1) is 5.41 Å². The van der Waals surface area contributed by atoms with Gasteiger partial charge in [-0.1, -0.05) is 32.4 Å². The minimum Gasteiger partial charge on any atom is -0.389 e. The number of hydrogen-bond acceptors (Lipinski definition) is 4. The molecule has 0 saturated heterocycles. The van der Waals surface area contributed by atoms with Crippen molar-refractivity contribution in [3.63, 3.8) is 0 Å². The molecule has 0 aromatic carbocycles. The predicted molar refractivity (Wildman–Crippen MR) is 79.8 cm³/mol. The van der Waals surface area contributed by atoms with E-state index in [1.807, 2.05) is 19.0 Å². The molecule has 0 spiro atoms. The van der Waals surface area contributed by atoms with Gasteiger partial charge in [-0.2, -0.15) is 0 Å². The molecule has 0 saturated carbocycles. The summed E-state index contributed by atoms with van der Waals surface area (Å²) in [5.41, 5.74) is 11.3. The van der Waals surface area contributed by atoms with E-state index in [0.29, 0.717) is 5.57 Å². The van der Waals surface area contributed by atoms with Gasteiger partial charge in [0.1, 0.15) is 11.0 Å². The van der Waals surface area contributed by atoms with Crippen LogP contribution in [0.3, 0.4) is 0 Å². The number of nitrogens with one attached hydrogen (secondary N) is 1. The third-order valence-corrected chi connectivity index (χ3v) is 2.30. The zero-order valence-corrected chi connectivity index (χ0v) is 12.9. The smallest absolute Gasteiger partial charge is 0.230 e. The molecule has 108 valence electrons. The summed E-state index contributed by atoms with van der Waals surface area (Å²) in [6.07, 6.45) is 5.00. The van der Waals surface area contributed by atoms with Gasteiger partial charge in [0.2, 0.25) is 5.91 Å². The van der Waals surface area contributed by atoms with Gasteiger partial charge in [0.25, 0.3) is 0 Å². The molecule has 0 aliphatic rings. The molecule has 0 aliphatic heterocycles. The molecule has 19 heavy (non-hydrogen) atoms. The van der Waals surface area contributed by atoms with Crippen LogP contribution in [0.25, 0.3) is 0 Å². The van der Waals surface area contributed by atoms with E-state index in [-0.39, 0.29) is 16.9 Å². The van der Waals surface area contributed by atoms with E-state index in [0.717, 1.165) is 0 Å². The number of allylic oxidation sites excluding steroid dienone is 3. The van der Waals surface area contributed by atoms with Crippen molar-refractivity contribution in [1.29, 1.82) is 0 Å². The molecule has 1 amide bonds. The molecule has 5 N–H and O–H groups in total. The average molecular weight is 287 g/mol. The summed E-state index contributed by atoms with van der Waals surface area (Å²) in [6.45, 7) is 5.40. The normalized spacial score (nSPS) is 14.3. The molecule has 0 aromatic rings. The van der Waals surface area contributed by atoms with Gasteiger partial charge >= 0.3 is 0 Å². The largest absolute Gasteiger partial charge is 0.389 e.